The smallest absolute Gasteiger partial charge is 0.307 e. The summed E-state index contributed by atoms with van der Waals surface area (Å²) >= 11 is 1.55. The molecule has 0 aliphatic carbocycles. The molecule has 7 rings (SSSR count). The molecule has 1 atom stereocenters. The summed E-state index contributed by atoms with van der Waals surface area (Å²) in [5, 5.41) is 20.2. The monoisotopic (exact) mass is 631 g/mol. The number of oxazole rings is 1. The fraction of sp³-hybridized carbons (Fsp3) is 0.257. The van der Waals surface area contributed by atoms with Gasteiger partial charge in [0.05, 0.1) is 30.3 Å². The Bertz CT molecular complexity index is 2080. The highest BCUT2D eigenvalue weighted by Gasteiger charge is 2.29. The molecule has 2 aliphatic rings. The third-order valence-corrected chi connectivity index (χ3v) is 10.1. The second-order valence-electron chi connectivity index (χ2n) is 11.8. The third-order valence-electron chi connectivity index (χ3n) is 8.98. The number of carbonyl (C=O) groups is 3. The highest BCUT2D eigenvalue weighted by molar-refractivity contribution is 7.15. The molecule has 2 aliphatic heterocycles. The number of thiazole rings is 1. The van der Waals surface area contributed by atoms with Gasteiger partial charge in [0, 0.05) is 29.1 Å². The third kappa shape index (κ3) is 5.15. The van der Waals surface area contributed by atoms with Crippen LogP contribution in [0.15, 0.2) is 52.9 Å². The first-order chi connectivity index (χ1) is 22.2. The number of benzene rings is 3. The van der Waals surface area contributed by atoms with E-state index in [1.165, 1.54) is 4.90 Å². The van der Waals surface area contributed by atoms with Crippen molar-refractivity contribution in [1.29, 1.82) is 5.26 Å². The van der Waals surface area contributed by atoms with Crippen molar-refractivity contribution in [3.63, 3.8) is 0 Å². The van der Waals surface area contributed by atoms with E-state index in [0.29, 0.717) is 68.0 Å². The van der Waals surface area contributed by atoms with E-state index in [-0.39, 0.29) is 5.92 Å². The minimum Gasteiger partial charge on any atom is -0.481 e. The predicted molar refractivity (Wildman–Crippen MR) is 172 cm³/mol. The Morgan fingerprint density at radius 2 is 1.78 bits per heavy atom. The Morgan fingerprint density at radius 3 is 2.46 bits per heavy atom. The number of rotatable bonds is 7. The number of aldehydes is 1. The molecule has 4 heterocycles. The molecule has 1 fully saturated rings. The molecule has 10 nitrogen and oxygen atoms in total. The van der Waals surface area contributed by atoms with Crippen LogP contribution >= 0.6 is 11.3 Å². The van der Waals surface area contributed by atoms with E-state index in [2.05, 4.69) is 30.0 Å². The number of aliphatic carboxylic acids is 1. The Hall–Kier alpha value is -5.18. The molecule has 0 saturated carbocycles. The van der Waals surface area contributed by atoms with Crippen molar-refractivity contribution in [2.45, 2.75) is 39.9 Å². The van der Waals surface area contributed by atoms with Crippen LogP contribution in [0.4, 0.5) is 0 Å². The molecular formula is C35H29N5O5S. The second kappa shape index (κ2) is 11.6. The van der Waals surface area contributed by atoms with E-state index >= 15 is 0 Å². The number of likely N-dealkylation sites (tertiary alicyclic amines) is 1. The van der Waals surface area contributed by atoms with Crippen molar-refractivity contribution in [2.75, 3.05) is 13.1 Å². The summed E-state index contributed by atoms with van der Waals surface area (Å²) in [4.78, 5) is 48.4. The summed E-state index contributed by atoms with van der Waals surface area (Å²) in [5.41, 5.74) is 9.09. The first kappa shape index (κ1) is 29.5. The van der Waals surface area contributed by atoms with Gasteiger partial charge in [0.25, 0.3) is 5.91 Å². The van der Waals surface area contributed by atoms with Gasteiger partial charge < -0.3 is 14.4 Å². The lowest BCUT2D eigenvalue weighted by atomic mass is 9.91. The molecule has 3 aromatic carbocycles. The maximum atomic E-state index is 11.8. The van der Waals surface area contributed by atoms with Gasteiger partial charge in [0.1, 0.15) is 16.6 Å². The summed E-state index contributed by atoms with van der Waals surface area (Å²) in [7, 11) is 0. The van der Waals surface area contributed by atoms with Gasteiger partial charge in [-0.05, 0) is 72.8 Å². The summed E-state index contributed by atoms with van der Waals surface area (Å²) in [6.45, 7) is 6.56. The number of amides is 1. The number of carbonyl (C=O) groups excluding carboxylic acids is 2. The number of nitrogens with zero attached hydrogens (tertiary/aromatic N) is 5. The normalized spacial score (nSPS) is 16.1. The highest BCUT2D eigenvalue weighted by atomic mass is 32.1. The number of carboxylic acids is 1. The van der Waals surface area contributed by atoms with Gasteiger partial charge >= 0.3 is 5.97 Å². The average molecular weight is 632 g/mol. The standard InChI is InChI=1S/C35H29N5O5S/c1-19-24(25-6-4-8-27(20(25)2)34-38-29-16-40(31(42)18-41)17-30(29)46-34)5-3-7-26(19)33-37-28-12-21(11-23(13-36)32(28)45-33)14-39-10-9-22(15-39)35(43)44/h3-8,11-12,18,22H,9-10,14-17H2,1-2H3,(H,43,44). The Labute approximate surface area is 268 Å². The van der Waals surface area contributed by atoms with Crippen molar-refractivity contribution >= 4 is 40.6 Å². The molecule has 0 radical (unpaired) electrons. The van der Waals surface area contributed by atoms with Crippen LogP contribution in [0.3, 0.4) is 0 Å². The number of carboxylic acid groups (broad SMARTS) is 1. The maximum absolute atomic E-state index is 11.8. The maximum Gasteiger partial charge on any atom is 0.307 e. The van der Waals surface area contributed by atoms with E-state index < -0.39 is 11.9 Å². The van der Waals surface area contributed by atoms with Crippen molar-refractivity contribution in [3.8, 4) is 39.2 Å². The van der Waals surface area contributed by atoms with Crippen LogP contribution in [-0.2, 0) is 34.0 Å². The lowest BCUT2D eigenvalue weighted by Crippen LogP contribution is -2.26. The van der Waals surface area contributed by atoms with Crippen LogP contribution in [0.2, 0.25) is 0 Å². The quantitative estimate of drug-likeness (QED) is 0.176. The van der Waals surface area contributed by atoms with Gasteiger partial charge in [-0.2, -0.15) is 5.26 Å². The molecule has 1 amide bonds. The zero-order chi connectivity index (χ0) is 32.1. The topological polar surface area (TPSA) is 141 Å². The highest BCUT2D eigenvalue weighted by Crippen LogP contribution is 2.40. The second-order valence-corrected chi connectivity index (χ2v) is 12.9. The fourth-order valence-electron chi connectivity index (χ4n) is 6.52. The van der Waals surface area contributed by atoms with E-state index in [0.717, 1.165) is 54.5 Å². The SMILES string of the molecule is Cc1c(-c2nc3cc(CN4CCC(C(=O)O)C4)cc(C#N)c3o2)cccc1-c1cccc(-c2nc3c(s2)CN(C(=O)C=O)C3)c1C. The first-order valence-corrected chi connectivity index (χ1v) is 15.8. The minimum absolute atomic E-state index is 0.340. The summed E-state index contributed by atoms with van der Waals surface area (Å²) < 4.78 is 6.23. The van der Waals surface area contributed by atoms with Gasteiger partial charge in [-0.1, -0.05) is 30.3 Å². The average Bonchev–Trinajstić information content (AvgIpc) is 3.84. The van der Waals surface area contributed by atoms with Gasteiger partial charge in [-0.3, -0.25) is 19.3 Å². The number of hydrogen-bond donors (Lipinski definition) is 1. The summed E-state index contributed by atoms with van der Waals surface area (Å²) in [6, 6.07) is 18.1. The predicted octanol–water partition coefficient (Wildman–Crippen LogP) is 5.72. The summed E-state index contributed by atoms with van der Waals surface area (Å²) in [6.07, 6.45) is 0.959. The molecule has 0 spiro atoms. The van der Waals surface area contributed by atoms with Crippen LogP contribution in [0.5, 0.6) is 0 Å². The minimum atomic E-state index is -0.773. The van der Waals surface area contributed by atoms with E-state index in [9.17, 15) is 24.8 Å². The lowest BCUT2D eigenvalue weighted by molar-refractivity contribution is -0.141. The van der Waals surface area contributed by atoms with Gasteiger partial charge in [0.15, 0.2) is 5.58 Å². The van der Waals surface area contributed by atoms with Crippen molar-refractivity contribution in [2.24, 2.45) is 5.92 Å². The van der Waals surface area contributed by atoms with Crippen molar-refractivity contribution in [1.82, 2.24) is 19.8 Å². The van der Waals surface area contributed by atoms with Crippen molar-refractivity contribution < 1.29 is 23.9 Å². The van der Waals surface area contributed by atoms with Crippen molar-refractivity contribution in [3.05, 3.63) is 81.4 Å². The Kier molecular flexibility index (Phi) is 7.47. The fourth-order valence-corrected chi connectivity index (χ4v) is 7.69. The number of fused-ring (bicyclic) bond motifs is 2. The lowest BCUT2D eigenvalue weighted by Gasteiger charge is -2.15. The molecule has 0 bridgehead atoms. The Balaban J connectivity index is 1.20. The number of nitriles is 1. The van der Waals surface area contributed by atoms with Crippen LogP contribution in [0.1, 0.15) is 39.2 Å². The van der Waals surface area contributed by atoms with Crippen LogP contribution in [0, 0.1) is 31.1 Å². The van der Waals surface area contributed by atoms with Gasteiger partial charge in [-0.25, -0.2) is 9.97 Å². The number of hydrogen-bond acceptors (Lipinski definition) is 9. The molecule has 11 heteroatoms. The van der Waals surface area contributed by atoms with Crippen LogP contribution in [0.25, 0.3) is 44.3 Å². The molecule has 5 aromatic rings. The van der Waals surface area contributed by atoms with Gasteiger partial charge in [-0.15, -0.1) is 11.3 Å². The van der Waals surface area contributed by atoms with Crippen LogP contribution in [-0.4, -0.2) is 56.1 Å². The summed E-state index contributed by atoms with van der Waals surface area (Å²) in [5.74, 6) is -1.24. The molecule has 1 saturated heterocycles. The zero-order valence-corrected chi connectivity index (χ0v) is 26.1. The van der Waals surface area contributed by atoms with Gasteiger partial charge in [0.2, 0.25) is 12.2 Å². The largest absolute Gasteiger partial charge is 0.481 e. The van der Waals surface area contributed by atoms with E-state index in [1.807, 2.05) is 37.3 Å². The molecular weight excluding hydrogens is 602 g/mol. The molecule has 2 aromatic heterocycles. The first-order valence-electron chi connectivity index (χ1n) is 15.0. The van der Waals surface area contributed by atoms with E-state index in [4.69, 9.17) is 14.4 Å². The van der Waals surface area contributed by atoms with E-state index in [1.54, 1.807) is 17.4 Å². The van der Waals surface area contributed by atoms with Crippen LogP contribution < -0.4 is 0 Å². The number of aromatic nitrogens is 2. The molecule has 1 N–H and O–H groups in total. The molecule has 46 heavy (non-hydrogen) atoms. The Morgan fingerprint density at radius 1 is 1.07 bits per heavy atom. The molecule has 1 unspecified atom stereocenters. The molecule has 230 valence electrons. The zero-order valence-electron chi connectivity index (χ0n) is 25.2.